The first-order valence-corrected chi connectivity index (χ1v) is 7.54. The average molecular weight is 260 g/mol. The van der Waals surface area contributed by atoms with Crippen LogP contribution in [0.2, 0.25) is 0 Å². The van der Waals surface area contributed by atoms with E-state index in [4.69, 9.17) is 4.98 Å². The zero-order chi connectivity index (χ0) is 13.4. The Morgan fingerprint density at radius 2 is 2.11 bits per heavy atom. The molecule has 2 fully saturated rings. The van der Waals surface area contributed by atoms with Crippen molar-refractivity contribution in [3.8, 4) is 0 Å². The van der Waals surface area contributed by atoms with Gasteiger partial charge in [-0.15, -0.1) is 0 Å². The molecule has 1 aromatic heterocycles. The molecule has 1 aliphatic heterocycles. The number of fused-ring (bicyclic) bond motifs is 2. The predicted molar refractivity (Wildman–Crippen MR) is 78.8 cm³/mol. The maximum atomic E-state index is 4.72. The minimum absolute atomic E-state index is 0.719. The molecule has 2 heterocycles. The van der Waals surface area contributed by atoms with Crippen molar-refractivity contribution in [1.82, 2.24) is 9.97 Å². The molecule has 1 N–H and O–H groups in total. The Kier molecular flexibility index (Phi) is 3.33. The second-order valence-corrected chi connectivity index (χ2v) is 5.98. The zero-order valence-electron chi connectivity index (χ0n) is 12.2. The Labute approximate surface area is 115 Å². The van der Waals surface area contributed by atoms with Crippen LogP contribution in [0.3, 0.4) is 0 Å². The highest BCUT2D eigenvalue weighted by molar-refractivity contribution is 5.60. The first-order chi connectivity index (χ1) is 9.19. The lowest BCUT2D eigenvalue weighted by Crippen LogP contribution is -2.33. The van der Waals surface area contributed by atoms with Gasteiger partial charge in [0.15, 0.2) is 0 Å². The molecule has 1 aromatic rings. The Hall–Kier alpha value is -1.32. The van der Waals surface area contributed by atoms with Gasteiger partial charge in [0.05, 0.1) is 0 Å². The highest BCUT2D eigenvalue weighted by Gasteiger charge is 2.39. The maximum Gasteiger partial charge on any atom is 0.137 e. The number of hydrogen-bond donors (Lipinski definition) is 1. The minimum atomic E-state index is 0.719. The summed E-state index contributed by atoms with van der Waals surface area (Å²) in [6.07, 6.45) is 5.22. The van der Waals surface area contributed by atoms with E-state index in [0.717, 1.165) is 36.6 Å². The summed E-state index contributed by atoms with van der Waals surface area (Å²) in [5, 5.41) is 3.43. The molecule has 0 aromatic carbocycles. The highest BCUT2D eigenvalue weighted by Crippen LogP contribution is 2.41. The Bertz CT molecular complexity index is 471. The summed E-state index contributed by atoms with van der Waals surface area (Å²) < 4.78 is 0. The van der Waals surface area contributed by atoms with E-state index in [1.165, 1.54) is 37.2 Å². The molecule has 1 saturated carbocycles. The largest absolute Gasteiger partial charge is 0.370 e. The van der Waals surface area contributed by atoms with Gasteiger partial charge in [0.2, 0.25) is 0 Å². The molecule has 4 nitrogen and oxygen atoms in total. The topological polar surface area (TPSA) is 41.1 Å². The van der Waals surface area contributed by atoms with Crippen molar-refractivity contribution in [2.24, 2.45) is 5.92 Å². The number of anilines is 2. The summed E-state index contributed by atoms with van der Waals surface area (Å²) in [7, 11) is 0. The molecule has 1 saturated heterocycles. The van der Waals surface area contributed by atoms with Crippen molar-refractivity contribution in [3.63, 3.8) is 0 Å². The molecule has 4 heteroatoms. The third-order valence-electron chi connectivity index (χ3n) is 4.46. The van der Waals surface area contributed by atoms with Gasteiger partial charge in [0.25, 0.3) is 0 Å². The van der Waals surface area contributed by atoms with Crippen molar-refractivity contribution in [2.45, 2.75) is 52.5 Å². The third-order valence-corrected chi connectivity index (χ3v) is 4.46. The molecule has 0 amide bonds. The molecule has 19 heavy (non-hydrogen) atoms. The van der Waals surface area contributed by atoms with E-state index in [-0.39, 0.29) is 0 Å². The molecule has 2 bridgehead atoms. The fourth-order valence-electron chi connectivity index (χ4n) is 3.49. The fourth-order valence-corrected chi connectivity index (χ4v) is 3.49. The monoisotopic (exact) mass is 260 g/mol. The highest BCUT2D eigenvalue weighted by atomic mass is 15.3. The van der Waals surface area contributed by atoms with E-state index < -0.39 is 0 Å². The summed E-state index contributed by atoms with van der Waals surface area (Å²) >= 11 is 0. The van der Waals surface area contributed by atoms with Crippen LogP contribution in [-0.2, 0) is 0 Å². The van der Waals surface area contributed by atoms with Gasteiger partial charge in [0.1, 0.15) is 17.5 Å². The number of rotatable bonds is 4. The van der Waals surface area contributed by atoms with Gasteiger partial charge in [-0.05, 0) is 45.4 Å². The van der Waals surface area contributed by atoms with Crippen LogP contribution in [0.5, 0.6) is 0 Å². The van der Waals surface area contributed by atoms with Crippen LogP contribution in [0.25, 0.3) is 0 Å². The van der Waals surface area contributed by atoms with E-state index in [1.54, 1.807) is 0 Å². The normalized spacial score (nSPS) is 25.1. The van der Waals surface area contributed by atoms with Gasteiger partial charge in [-0.2, -0.15) is 0 Å². The Balaban J connectivity index is 1.90. The average Bonchev–Trinajstić information content (AvgIpc) is 3.01. The van der Waals surface area contributed by atoms with Crippen molar-refractivity contribution < 1.29 is 0 Å². The Morgan fingerprint density at radius 1 is 1.26 bits per heavy atom. The van der Waals surface area contributed by atoms with Crippen LogP contribution >= 0.6 is 0 Å². The van der Waals surface area contributed by atoms with Gasteiger partial charge >= 0.3 is 0 Å². The number of nitrogens with one attached hydrogen (secondary N) is 1. The lowest BCUT2D eigenvalue weighted by molar-refractivity contribution is 0.549. The first-order valence-electron chi connectivity index (χ1n) is 7.54. The van der Waals surface area contributed by atoms with E-state index in [9.17, 15) is 0 Å². The van der Waals surface area contributed by atoms with Crippen LogP contribution < -0.4 is 10.2 Å². The van der Waals surface area contributed by atoms with Gasteiger partial charge in [-0.1, -0.05) is 6.92 Å². The summed E-state index contributed by atoms with van der Waals surface area (Å²) in [5.41, 5.74) is 1.21. The number of nitrogens with zero attached hydrogens (tertiary/aromatic N) is 3. The summed E-state index contributed by atoms with van der Waals surface area (Å²) in [5.74, 6) is 3.96. The van der Waals surface area contributed by atoms with Crippen LogP contribution in [-0.4, -0.2) is 29.1 Å². The molecule has 0 radical (unpaired) electrons. The molecule has 104 valence electrons. The van der Waals surface area contributed by atoms with Crippen LogP contribution in [0.15, 0.2) is 0 Å². The summed E-state index contributed by atoms with van der Waals surface area (Å²) in [6.45, 7) is 8.49. The molecule has 2 aliphatic rings. The summed E-state index contributed by atoms with van der Waals surface area (Å²) in [6, 6.07) is 0.719. The molecule has 3 rings (SSSR count). The van der Waals surface area contributed by atoms with Crippen LogP contribution in [0.1, 0.15) is 44.0 Å². The first kappa shape index (κ1) is 12.7. The van der Waals surface area contributed by atoms with Crippen LogP contribution in [0.4, 0.5) is 11.6 Å². The van der Waals surface area contributed by atoms with Crippen molar-refractivity contribution in [1.29, 1.82) is 0 Å². The smallest absolute Gasteiger partial charge is 0.137 e. The number of aryl methyl sites for hydroxylation is 1. The van der Waals surface area contributed by atoms with E-state index >= 15 is 0 Å². The summed E-state index contributed by atoms with van der Waals surface area (Å²) in [4.78, 5) is 11.8. The molecule has 1 aliphatic carbocycles. The number of piperidine rings is 1. The number of hydrogen-bond acceptors (Lipinski definition) is 4. The fraction of sp³-hybridized carbons (Fsp3) is 0.733. The molecule has 0 spiro atoms. The van der Waals surface area contributed by atoms with E-state index in [0.29, 0.717) is 0 Å². The predicted octanol–water partition coefficient (Wildman–Crippen LogP) is 2.90. The molecular weight excluding hydrogens is 236 g/mol. The Morgan fingerprint density at radius 3 is 2.74 bits per heavy atom. The zero-order valence-corrected chi connectivity index (χ0v) is 12.2. The molecular formula is C15H24N4. The van der Waals surface area contributed by atoms with Crippen molar-refractivity contribution >= 4 is 11.6 Å². The SMILES string of the molecule is CCCNc1nc(C)nc(N2CC3CCC2C3)c1C. The van der Waals surface area contributed by atoms with Gasteiger partial charge in [-0.25, -0.2) is 9.97 Å². The second-order valence-electron chi connectivity index (χ2n) is 5.98. The van der Waals surface area contributed by atoms with E-state index in [1.807, 2.05) is 6.92 Å². The van der Waals surface area contributed by atoms with Gasteiger partial charge in [0, 0.05) is 24.7 Å². The van der Waals surface area contributed by atoms with Crippen LogP contribution in [0, 0.1) is 19.8 Å². The molecule has 2 unspecified atom stereocenters. The molecule has 2 atom stereocenters. The quantitative estimate of drug-likeness (QED) is 0.903. The van der Waals surface area contributed by atoms with Gasteiger partial charge in [-0.3, -0.25) is 0 Å². The standard InChI is InChI=1S/C15H24N4/c1-4-7-16-14-10(2)15(18-11(3)17-14)19-9-12-5-6-13(19)8-12/h12-13H,4-9H2,1-3H3,(H,16,17,18). The second kappa shape index (κ2) is 4.99. The number of aromatic nitrogens is 2. The van der Waals surface area contributed by atoms with Crippen molar-refractivity contribution in [3.05, 3.63) is 11.4 Å². The third kappa shape index (κ3) is 2.28. The van der Waals surface area contributed by atoms with Gasteiger partial charge < -0.3 is 10.2 Å². The van der Waals surface area contributed by atoms with E-state index in [2.05, 4.69) is 29.0 Å². The minimum Gasteiger partial charge on any atom is -0.370 e. The maximum absolute atomic E-state index is 4.72. The lowest BCUT2D eigenvalue weighted by atomic mass is 10.1. The van der Waals surface area contributed by atoms with Crippen molar-refractivity contribution in [2.75, 3.05) is 23.3 Å². The lowest BCUT2D eigenvalue weighted by Gasteiger charge is -2.30.